The summed E-state index contributed by atoms with van der Waals surface area (Å²) in [5.74, 6) is 1.20. The molecule has 0 aliphatic rings. The maximum atomic E-state index is 12.6. The lowest BCUT2D eigenvalue weighted by Gasteiger charge is -2.09. The van der Waals surface area contributed by atoms with Crippen LogP contribution in [0.15, 0.2) is 41.2 Å². The number of carbonyl (C=O) groups is 1. The third kappa shape index (κ3) is 4.14. The molecule has 0 fully saturated rings. The van der Waals surface area contributed by atoms with Crippen LogP contribution in [0.3, 0.4) is 0 Å². The number of carbonyl (C=O) groups excluding carboxylic acids is 1. The zero-order chi connectivity index (χ0) is 20.1. The zero-order valence-corrected chi connectivity index (χ0v) is 16.1. The number of H-pyrrole nitrogens is 1. The van der Waals surface area contributed by atoms with Gasteiger partial charge in [0.25, 0.3) is 5.56 Å². The Morgan fingerprint density at radius 1 is 1.11 bits per heavy atom. The highest BCUT2D eigenvalue weighted by Crippen LogP contribution is 2.28. The van der Waals surface area contributed by atoms with Crippen LogP contribution in [0.5, 0.6) is 11.5 Å². The van der Waals surface area contributed by atoms with Gasteiger partial charge in [0.1, 0.15) is 22.7 Å². The largest absolute Gasteiger partial charge is 0.497 e. The molecule has 0 bridgehead atoms. The van der Waals surface area contributed by atoms with E-state index >= 15 is 0 Å². The molecule has 0 saturated heterocycles. The molecule has 0 radical (unpaired) electrons. The van der Waals surface area contributed by atoms with Gasteiger partial charge >= 0.3 is 5.97 Å². The highest BCUT2D eigenvalue weighted by Gasteiger charge is 2.13. The number of esters is 1. The van der Waals surface area contributed by atoms with E-state index in [9.17, 15) is 9.59 Å². The highest BCUT2D eigenvalue weighted by atomic mass is 16.5. The summed E-state index contributed by atoms with van der Waals surface area (Å²) in [4.78, 5) is 31.4. The van der Waals surface area contributed by atoms with Crippen LogP contribution in [0.1, 0.15) is 18.9 Å². The Hall–Kier alpha value is -3.35. The predicted molar refractivity (Wildman–Crippen MR) is 106 cm³/mol. The standard InChI is InChI=1S/C21H22N2O5/c1-4-28-18(24)10-7-13-5-8-14(9-6-13)20-22-16-11-15(26-2)12-17(27-3)19(16)21(25)23-20/h5-6,8-9,11-12H,4,7,10H2,1-3H3,(H,22,23,25). The maximum absolute atomic E-state index is 12.6. The summed E-state index contributed by atoms with van der Waals surface area (Å²) in [6.45, 7) is 2.17. The number of aromatic amines is 1. The van der Waals surface area contributed by atoms with Crippen LogP contribution < -0.4 is 15.0 Å². The fraction of sp³-hybridized carbons (Fsp3) is 0.286. The van der Waals surface area contributed by atoms with Crippen LogP contribution in [0.2, 0.25) is 0 Å². The average Bonchev–Trinajstić information content (AvgIpc) is 2.71. The van der Waals surface area contributed by atoms with Gasteiger partial charge in [0, 0.05) is 24.1 Å². The van der Waals surface area contributed by atoms with E-state index in [1.54, 1.807) is 26.2 Å². The lowest BCUT2D eigenvalue weighted by Crippen LogP contribution is -2.11. The number of nitrogens with zero attached hydrogens (tertiary/aromatic N) is 1. The first-order valence-corrected chi connectivity index (χ1v) is 8.96. The Morgan fingerprint density at radius 3 is 2.50 bits per heavy atom. The minimum Gasteiger partial charge on any atom is -0.497 e. The number of fused-ring (bicyclic) bond motifs is 1. The number of aryl methyl sites for hydroxylation is 1. The smallest absolute Gasteiger partial charge is 0.306 e. The van der Waals surface area contributed by atoms with E-state index in [2.05, 4.69) is 9.97 Å². The molecule has 0 amide bonds. The van der Waals surface area contributed by atoms with Crippen LogP contribution in [-0.4, -0.2) is 36.8 Å². The fourth-order valence-electron chi connectivity index (χ4n) is 2.94. The number of nitrogens with one attached hydrogen (secondary N) is 1. The van der Waals surface area contributed by atoms with E-state index in [4.69, 9.17) is 14.2 Å². The molecule has 0 aliphatic heterocycles. The average molecular weight is 382 g/mol. The van der Waals surface area contributed by atoms with Crippen molar-refractivity contribution in [3.8, 4) is 22.9 Å². The Bertz CT molecular complexity index is 1040. The van der Waals surface area contributed by atoms with Crippen molar-refractivity contribution in [2.24, 2.45) is 0 Å². The molecule has 3 aromatic rings. The lowest BCUT2D eigenvalue weighted by molar-refractivity contribution is -0.143. The molecule has 1 heterocycles. The van der Waals surface area contributed by atoms with Gasteiger partial charge in [-0.15, -0.1) is 0 Å². The molecule has 0 atom stereocenters. The van der Waals surface area contributed by atoms with Gasteiger partial charge in [0.15, 0.2) is 0 Å². The van der Waals surface area contributed by atoms with Crippen molar-refractivity contribution in [2.75, 3.05) is 20.8 Å². The quantitative estimate of drug-likeness (QED) is 0.632. The van der Waals surface area contributed by atoms with Gasteiger partial charge in [-0.05, 0) is 18.9 Å². The SMILES string of the molecule is CCOC(=O)CCc1ccc(-c2nc3cc(OC)cc(OC)c3c(=O)[nH]2)cc1. The van der Waals surface area contributed by atoms with Crippen molar-refractivity contribution >= 4 is 16.9 Å². The Morgan fingerprint density at radius 2 is 1.86 bits per heavy atom. The third-order valence-corrected chi connectivity index (χ3v) is 4.35. The minimum atomic E-state index is -0.286. The summed E-state index contributed by atoms with van der Waals surface area (Å²) >= 11 is 0. The van der Waals surface area contributed by atoms with Gasteiger partial charge in [-0.2, -0.15) is 0 Å². The zero-order valence-electron chi connectivity index (χ0n) is 16.1. The minimum absolute atomic E-state index is 0.213. The van der Waals surface area contributed by atoms with Crippen molar-refractivity contribution in [2.45, 2.75) is 19.8 Å². The molecule has 3 rings (SSSR count). The molecule has 7 nitrogen and oxygen atoms in total. The van der Waals surface area contributed by atoms with Crippen LogP contribution in [0, 0.1) is 0 Å². The predicted octanol–water partition coefficient (Wildman–Crippen LogP) is 3.10. The molecule has 28 heavy (non-hydrogen) atoms. The number of aromatic nitrogens is 2. The molecule has 1 aromatic heterocycles. The third-order valence-electron chi connectivity index (χ3n) is 4.35. The van der Waals surface area contributed by atoms with E-state index < -0.39 is 0 Å². The second kappa shape index (κ2) is 8.56. The Labute approximate surface area is 162 Å². The molecule has 0 spiro atoms. The second-order valence-corrected chi connectivity index (χ2v) is 6.14. The number of ether oxygens (including phenoxy) is 3. The van der Waals surface area contributed by atoms with Gasteiger partial charge in [-0.3, -0.25) is 9.59 Å². The van der Waals surface area contributed by atoms with Gasteiger partial charge in [-0.25, -0.2) is 4.98 Å². The van der Waals surface area contributed by atoms with E-state index in [0.717, 1.165) is 11.1 Å². The van der Waals surface area contributed by atoms with Crippen LogP contribution in [-0.2, 0) is 16.0 Å². The maximum Gasteiger partial charge on any atom is 0.306 e. The molecule has 146 valence electrons. The number of rotatable bonds is 7. The molecule has 0 saturated carbocycles. The number of hydrogen-bond acceptors (Lipinski definition) is 6. The lowest BCUT2D eigenvalue weighted by atomic mass is 10.1. The van der Waals surface area contributed by atoms with E-state index in [-0.39, 0.29) is 11.5 Å². The number of hydrogen-bond donors (Lipinski definition) is 1. The first-order chi connectivity index (χ1) is 13.5. The monoisotopic (exact) mass is 382 g/mol. The molecular weight excluding hydrogens is 360 g/mol. The second-order valence-electron chi connectivity index (χ2n) is 6.14. The first kappa shape index (κ1) is 19.4. The summed E-state index contributed by atoms with van der Waals surface area (Å²) in [5, 5.41) is 0.373. The van der Waals surface area contributed by atoms with Gasteiger partial charge in [0.2, 0.25) is 0 Å². The van der Waals surface area contributed by atoms with Crippen molar-refractivity contribution in [1.29, 1.82) is 0 Å². The molecular formula is C21H22N2O5. The van der Waals surface area contributed by atoms with Crippen molar-refractivity contribution in [1.82, 2.24) is 9.97 Å². The molecule has 2 aromatic carbocycles. The van der Waals surface area contributed by atoms with Crippen LogP contribution >= 0.6 is 0 Å². The number of methoxy groups -OCH3 is 2. The molecule has 7 heteroatoms. The van der Waals surface area contributed by atoms with Gasteiger partial charge in [-0.1, -0.05) is 24.3 Å². The number of benzene rings is 2. The van der Waals surface area contributed by atoms with Crippen LogP contribution in [0.25, 0.3) is 22.3 Å². The highest BCUT2D eigenvalue weighted by molar-refractivity contribution is 5.87. The summed E-state index contributed by atoms with van der Waals surface area (Å²) in [6.07, 6.45) is 0.924. The first-order valence-electron chi connectivity index (χ1n) is 8.96. The van der Waals surface area contributed by atoms with E-state index in [0.29, 0.717) is 47.7 Å². The summed E-state index contributed by atoms with van der Waals surface area (Å²) in [5.41, 5.74) is 1.97. The summed E-state index contributed by atoms with van der Waals surface area (Å²) in [7, 11) is 3.04. The molecule has 0 unspecified atom stereocenters. The Balaban J connectivity index is 1.91. The Kier molecular flexibility index (Phi) is 5.93. The normalized spacial score (nSPS) is 10.7. The van der Waals surface area contributed by atoms with Gasteiger partial charge in [0.05, 0.1) is 26.3 Å². The summed E-state index contributed by atoms with van der Waals surface area (Å²) in [6, 6.07) is 10.9. The topological polar surface area (TPSA) is 90.5 Å². The van der Waals surface area contributed by atoms with Crippen molar-refractivity contribution < 1.29 is 19.0 Å². The van der Waals surface area contributed by atoms with Gasteiger partial charge < -0.3 is 19.2 Å². The fourth-order valence-corrected chi connectivity index (χ4v) is 2.94. The van der Waals surface area contributed by atoms with E-state index in [1.807, 2.05) is 24.3 Å². The van der Waals surface area contributed by atoms with Crippen LogP contribution in [0.4, 0.5) is 0 Å². The molecule has 0 aliphatic carbocycles. The van der Waals surface area contributed by atoms with Crippen molar-refractivity contribution in [3.05, 3.63) is 52.3 Å². The molecule has 1 N–H and O–H groups in total. The van der Waals surface area contributed by atoms with E-state index in [1.165, 1.54) is 7.11 Å². The summed E-state index contributed by atoms with van der Waals surface area (Å²) < 4.78 is 15.5. The van der Waals surface area contributed by atoms with Crippen molar-refractivity contribution in [3.63, 3.8) is 0 Å².